The van der Waals surface area contributed by atoms with Crippen LogP contribution in [0.15, 0.2) is 46.9 Å². The van der Waals surface area contributed by atoms with Crippen molar-refractivity contribution in [1.82, 2.24) is 4.90 Å². The Morgan fingerprint density at radius 2 is 1.95 bits per heavy atom. The average Bonchev–Trinajstić information content (AvgIpc) is 2.51. The number of rotatable bonds is 3. The Morgan fingerprint density at radius 3 is 2.45 bits per heavy atom. The van der Waals surface area contributed by atoms with Crippen LogP contribution in [-0.2, 0) is 9.53 Å². The number of pyridine rings is 1. The number of likely N-dealkylation sites (N-methyl/N-ethyl adjacent to an activating group) is 1. The van der Waals surface area contributed by atoms with Crippen molar-refractivity contribution in [2.75, 3.05) is 13.7 Å². The summed E-state index contributed by atoms with van der Waals surface area (Å²) in [4.78, 5) is 28.8. The summed E-state index contributed by atoms with van der Waals surface area (Å²) in [5, 5.41) is 0. The topological polar surface area (TPSA) is 62.9 Å². The van der Waals surface area contributed by atoms with Gasteiger partial charge in [0, 0.05) is 11.5 Å². The molecule has 0 saturated carbocycles. The molecule has 2 rings (SSSR count). The summed E-state index contributed by atoms with van der Waals surface area (Å²) in [6, 6.07) is 4.15. The van der Waals surface area contributed by atoms with E-state index < -0.39 is 29.7 Å². The second-order valence-electron chi connectivity index (χ2n) is 4.29. The molecule has 0 fully saturated rings. The quantitative estimate of drug-likeness (QED) is 0.481. The van der Waals surface area contributed by atoms with Crippen LogP contribution in [0.1, 0.15) is 6.92 Å². The van der Waals surface area contributed by atoms with Gasteiger partial charge in [0.2, 0.25) is 0 Å². The molecule has 8 heteroatoms. The molecule has 0 N–H and O–H groups in total. The third kappa shape index (κ3) is 2.72. The van der Waals surface area contributed by atoms with E-state index in [1.807, 2.05) is 0 Å². The summed E-state index contributed by atoms with van der Waals surface area (Å²) >= 11 is 0. The highest BCUT2D eigenvalue weighted by molar-refractivity contribution is 6.26. The van der Waals surface area contributed by atoms with Gasteiger partial charge in [-0.25, -0.2) is 23.0 Å². The van der Waals surface area contributed by atoms with Crippen molar-refractivity contribution >= 4 is 17.8 Å². The molecular weight excluding hydrogens is 296 g/mol. The van der Waals surface area contributed by atoms with Crippen molar-refractivity contribution in [2.24, 2.45) is 4.99 Å². The minimum Gasteiger partial charge on any atom is -0.494 e. The van der Waals surface area contributed by atoms with E-state index in [1.54, 1.807) is 25.1 Å². The molecule has 1 aliphatic heterocycles. The number of hydrogen-bond acceptors (Lipinski definition) is 3. The van der Waals surface area contributed by atoms with E-state index in [9.17, 15) is 18.4 Å². The van der Waals surface area contributed by atoms with E-state index in [2.05, 4.69) is 9.73 Å². The zero-order chi connectivity index (χ0) is 16.3. The van der Waals surface area contributed by atoms with Crippen molar-refractivity contribution in [1.29, 1.82) is 0 Å². The summed E-state index contributed by atoms with van der Waals surface area (Å²) in [5.74, 6) is -1.85. The third-order valence-corrected chi connectivity index (χ3v) is 3.06. The van der Waals surface area contributed by atoms with Gasteiger partial charge in [0.15, 0.2) is 11.3 Å². The van der Waals surface area contributed by atoms with Crippen molar-refractivity contribution in [3.8, 4) is 0 Å². The molecular formula is C14H14F2N3O3+. The summed E-state index contributed by atoms with van der Waals surface area (Å²) in [6.45, 7) is 1.58. The van der Waals surface area contributed by atoms with Crippen molar-refractivity contribution in [2.45, 2.75) is 13.3 Å². The fourth-order valence-corrected chi connectivity index (χ4v) is 2.05. The van der Waals surface area contributed by atoms with Crippen LogP contribution in [0.2, 0.25) is 0 Å². The van der Waals surface area contributed by atoms with Gasteiger partial charge in [0.25, 0.3) is 12.3 Å². The number of aromatic nitrogens is 1. The van der Waals surface area contributed by atoms with Gasteiger partial charge < -0.3 is 4.74 Å². The summed E-state index contributed by atoms with van der Waals surface area (Å²) < 4.78 is 32.3. The van der Waals surface area contributed by atoms with Crippen LogP contribution in [0.25, 0.3) is 0 Å². The van der Waals surface area contributed by atoms with Crippen molar-refractivity contribution in [3.63, 3.8) is 0 Å². The molecule has 1 aromatic heterocycles. The number of alkyl halides is 2. The second-order valence-corrected chi connectivity index (χ2v) is 4.29. The lowest BCUT2D eigenvalue weighted by Gasteiger charge is -2.20. The molecule has 2 heterocycles. The number of methoxy groups -OCH3 is 1. The average molecular weight is 310 g/mol. The van der Waals surface area contributed by atoms with Crippen LogP contribution in [0.5, 0.6) is 0 Å². The number of hydrogen-bond donors (Lipinski definition) is 0. The lowest BCUT2D eigenvalue weighted by atomic mass is 10.1. The van der Waals surface area contributed by atoms with Crippen LogP contribution in [0.4, 0.5) is 13.6 Å². The van der Waals surface area contributed by atoms with Crippen LogP contribution >= 0.6 is 0 Å². The molecule has 3 amide bonds. The zero-order valence-corrected chi connectivity index (χ0v) is 12.0. The van der Waals surface area contributed by atoms with Gasteiger partial charge in [-0.3, -0.25) is 4.79 Å². The first kappa shape index (κ1) is 15.7. The summed E-state index contributed by atoms with van der Waals surface area (Å²) in [5.41, 5.74) is -0.421. The van der Waals surface area contributed by atoms with E-state index in [4.69, 9.17) is 0 Å². The van der Waals surface area contributed by atoms with E-state index in [1.165, 1.54) is 17.0 Å². The number of ether oxygens (including phenoxy) is 1. The number of nitrogens with zero attached hydrogens (tertiary/aromatic N) is 3. The normalized spacial score (nSPS) is 17.7. The minimum atomic E-state index is -3.01. The highest BCUT2D eigenvalue weighted by Gasteiger charge is 2.44. The van der Waals surface area contributed by atoms with Gasteiger partial charge in [-0.2, -0.15) is 0 Å². The van der Waals surface area contributed by atoms with E-state index in [-0.39, 0.29) is 12.4 Å². The van der Waals surface area contributed by atoms with Gasteiger partial charge in [0.1, 0.15) is 0 Å². The molecule has 0 aliphatic carbocycles. The molecule has 116 valence electrons. The number of imide groups is 1. The Labute approximate surface area is 125 Å². The lowest BCUT2D eigenvalue weighted by molar-refractivity contribution is -0.554. The number of urea groups is 1. The Bertz CT molecular complexity index is 657. The maximum absolute atomic E-state index is 13.2. The summed E-state index contributed by atoms with van der Waals surface area (Å²) in [7, 11) is 1.04. The van der Waals surface area contributed by atoms with Crippen molar-refractivity contribution in [3.05, 3.63) is 41.9 Å². The van der Waals surface area contributed by atoms with Gasteiger partial charge in [-0.15, -0.1) is 0 Å². The number of carbonyl (C=O) groups is 2. The Hall–Kier alpha value is -2.64. The third-order valence-electron chi connectivity index (χ3n) is 3.06. The fourth-order valence-electron chi connectivity index (χ4n) is 2.05. The zero-order valence-electron chi connectivity index (χ0n) is 12.0. The van der Waals surface area contributed by atoms with Gasteiger partial charge >= 0.3 is 11.9 Å². The molecule has 0 bridgehead atoms. The van der Waals surface area contributed by atoms with Crippen LogP contribution in [0.3, 0.4) is 0 Å². The Balaban J connectivity index is 2.71. The lowest BCUT2D eigenvalue weighted by Crippen LogP contribution is -2.53. The molecule has 0 atom stereocenters. The predicted octanol–water partition coefficient (Wildman–Crippen LogP) is 1.37. The minimum absolute atomic E-state index is 0.0254. The van der Waals surface area contributed by atoms with Crippen LogP contribution in [-0.4, -0.2) is 42.8 Å². The molecule has 0 spiro atoms. The number of aliphatic imine (C=N–C) groups is 1. The highest BCUT2D eigenvalue weighted by atomic mass is 19.3. The summed E-state index contributed by atoms with van der Waals surface area (Å²) in [6.07, 6.45) is -0.00942. The van der Waals surface area contributed by atoms with Crippen LogP contribution < -0.4 is 4.57 Å². The molecule has 0 unspecified atom stereocenters. The molecule has 0 saturated heterocycles. The molecule has 1 aromatic rings. The molecule has 0 aromatic carbocycles. The molecule has 1 aliphatic rings. The highest BCUT2D eigenvalue weighted by Crippen LogP contribution is 2.21. The number of carbonyl (C=O) groups excluding carboxylic acids is 2. The van der Waals surface area contributed by atoms with Gasteiger partial charge in [0.05, 0.1) is 19.5 Å². The van der Waals surface area contributed by atoms with Crippen molar-refractivity contribution < 1.29 is 27.7 Å². The first-order valence-corrected chi connectivity index (χ1v) is 6.49. The standard InChI is InChI=1S/C14H14F2N3O3/c1-3-19-13(20)9(10(22-2)11(15)16)12(17-14(19)21)18-7-5-4-6-8-18/h4-8,11H,3H2,1-2H3/q+1/b10-9+. The van der Waals surface area contributed by atoms with E-state index in [0.29, 0.717) is 0 Å². The van der Waals surface area contributed by atoms with Gasteiger partial charge in [-0.05, 0) is 19.1 Å². The Kier molecular flexibility index (Phi) is 4.59. The smallest absolute Gasteiger partial charge is 0.460 e. The van der Waals surface area contributed by atoms with Crippen LogP contribution in [0, 0.1) is 0 Å². The fraction of sp³-hybridized carbons (Fsp3) is 0.286. The largest absolute Gasteiger partial charge is 0.494 e. The Morgan fingerprint density at radius 1 is 1.32 bits per heavy atom. The maximum Gasteiger partial charge on any atom is 0.460 e. The molecule has 6 nitrogen and oxygen atoms in total. The number of amides is 3. The monoisotopic (exact) mass is 310 g/mol. The number of halogens is 2. The first-order valence-electron chi connectivity index (χ1n) is 6.49. The second kappa shape index (κ2) is 6.42. The molecule has 22 heavy (non-hydrogen) atoms. The first-order chi connectivity index (χ1) is 10.5. The SMILES string of the molecule is CCN1C(=O)N=C([n+]2ccccc2)/C(=C(\OC)C(F)F)C1=O. The predicted molar refractivity (Wildman–Crippen MR) is 72.3 cm³/mol. The van der Waals surface area contributed by atoms with E-state index >= 15 is 0 Å². The molecule has 0 radical (unpaired) electrons. The maximum atomic E-state index is 13.2. The van der Waals surface area contributed by atoms with E-state index in [0.717, 1.165) is 12.0 Å². The van der Waals surface area contributed by atoms with Gasteiger partial charge in [-0.1, -0.05) is 6.07 Å². The number of allylic oxidation sites excluding steroid dienone is 1.